The van der Waals surface area contributed by atoms with Crippen molar-refractivity contribution in [1.82, 2.24) is 20.6 Å². The Morgan fingerprint density at radius 2 is 1.40 bits per heavy atom. The number of carbonyl (C=O) groups excluding carboxylic acids is 1. The Labute approximate surface area is 144 Å². The molecule has 0 spiro atoms. The Kier molecular flexibility index (Phi) is 3.15. The van der Waals surface area contributed by atoms with Crippen LogP contribution in [0.3, 0.4) is 0 Å². The van der Waals surface area contributed by atoms with Gasteiger partial charge in [-0.1, -0.05) is 36.4 Å². The van der Waals surface area contributed by atoms with Gasteiger partial charge in [-0.25, -0.2) is 0 Å². The van der Waals surface area contributed by atoms with Crippen LogP contribution in [0.5, 0.6) is 0 Å². The number of para-hydroxylation sites is 2. The van der Waals surface area contributed by atoms with E-state index in [1.165, 1.54) is 0 Å². The van der Waals surface area contributed by atoms with Crippen LogP contribution in [0.1, 0.15) is 23.2 Å². The number of piperazine rings is 1. The Hall–Kier alpha value is -3.05. The monoisotopic (exact) mass is 330 g/mol. The van der Waals surface area contributed by atoms with E-state index in [1.54, 1.807) is 0 Å². The molecule has 5 rings (SSSR count). The zero-order valence-corrected chi connectivity index (χ0v) is 13.5. The summed E-state index contributed by atoms with van der Waals surface area (Å²) in [4.78, 5) is 19.3. The van der Waals surface area contributed by atoms with E-state index in [1.807, 2.05) is 54.9 Å². The van der Waals surface area contributed by atoms with Crippen molar-refractivity contribution in [2.45, 2.75) is 12.1 Å². The smallest absolute Gasteiger partial charge is 0.242 e. The Bertz CT molecular complexity index is 1080. The van der Waals surface area contributed by atoms with Crippen molar-refractivity contribution in [2.75, 3.05) is 6.54 Å². The second-order valence-electron chi connectivity index (χ2n) is 6.48. The molecule has 0 radical (unpaired) electrons. The maximum Gasteiger partial charge on any atom is 0.242 e. The van der Waals surface area contributed by atoms with E-state index in [4.69, 9.17) is 0 Å². The van der Waals surface area contributed by atoms with Crippen molar-refractivity contribution in [3.8, 4) is 0 Å². The quantitative estimate of drug-likeness (QED) is 0.456. The number of rotatable bonds is 2. The number of aromatic amines is 2. The van der Waals surface area contributed by atoms with Crippen molar-refractivity contribution in [2.24, 2.45) is 0 Å². The van der Waals surface area contributed by atoms with Crippen LogP contribution >= 0.6 is 0 Å². The van der Waals surface area contributed by atoms with Gasteiger partial charge in [0.15, 0.2) is 0 Å². The van der Waals surface area contributed by atoms with Crippen molar-refractivity contribution >= 4 is 27.7 Å². The van der Waals surface area contributed by atoms with Crippen LogP contribution in [0.15, 0.2) is 60.9 Å². The Morgan fingerprint density at radius 1 is 0.800 bits per heavy atom. The molecule has 1 saturated heterocycles. The number of benzene rings is 2. The molecule has 4 N–H and O–H groups in total. The summed E-state index contributed by atoms with van der Waals surface area (Å²) in [6.07, 6.45) is 3.91. The molecule has 2 aromatic heterocycles. The highest BCUT2D eigenvalue weighted by Crippen LogP contribution is 2.30. The van der Waals surface area contributed by atoms with E-state index in [-0.39, 0.29) is 18.0 Å². The summed E-state index contributed by atoms with van der Waals surface area (Å²) in [7, 11) is 0. The number of nitrogens with one attached hydrogen (secondary N) is 4. The lowest BCUT2D eigenvalue weighted by Gasteiger charge is -2.30. The van der Waals surface area contributed by atoms with Crippen LogP contribution in [0, 0.1) is 0 Å². The van der Waals surface area contributed by atoms with E-state index in [0.29, 0.717) is 6.54 Å². The van der Waals surface area contributed by atoms with Crippen molar-refractivity contribution in [1.29, 1.82) is 0 Å². The van der Waals surface area contributed by atoms with Gasteiger partial charge in [-0.15, -0.1) is 0 Å². The third-order valence-corrected chi connectivity index (χ3v) is 5.03. The Balaban J connectivity index is 1.45. The number of hydrogen-bond donors (Lipinski definition) is 4. The highest BCUT2D eigenvalue weighted by Gasteiger charge is 2.31. The molecule has 1 amide bonds. The lowest BCUT2D eigenvalue weighted by atomic mass is 9.98. The molecule has 2 atom stereocenters. The first-order valence-electron chi connectivity index (χ1n) is 8.47. The van der Waals surface area contributed by atoms with Crippen molar-refractivity contribution < 1.29 is 4.79 Å². The van der Waals surface area contributed by atoms with Gasteiger partial charge in [0, 0.05) is 51.9 Å². The number of aromatic nitrogens is 2. The first-order chi connectivity index (χ1) is 12.3. The fourth-order valence-electron chi connectivity index (χ4n) is 3.79. The van der Waals surface area contributed by atoms with Gasteiger partial charge in [-0.05, 0) is 12.1 Å². The summed E-state index contributed by atoms with van der Waals surface area (Å²) in [5.41, 5.74) is 4.25. The zero-order chi connectivity index (χ0) is 16.8. The fourth-order valence-corrected chi connectivity index (χ4v) is 3.79. The molecule has 0 unspecified atom stereocenters. The third-order valence-electron chi connectivity index (χ3n) is 5.03. The SMILES string of the molecule is O=C1N[C@@H](c2c[nH]c3ccccc23)CN[C@H]1c1c[nH]c2ccccc12. The molecule has 3 heterocycles. The highest BCUT2D eigenvalue weighted by atomic mass is 16.2. The van der Waals surface area contributed by atoms with Crippen LogP contribution < -0.4 is 10.6 Å². The normalized spacial score (nSPS) is 20.9. The number of H-pyrrole nitrogens is 2. The lowest BCUT2D eigenvalue weighted by molar-refractivity contribution is -0.125. The van der Waals surface area contributed by atoms with Crippen LogP contribution in [0.2, 0.25) is 0 Å². The number of amides is 1. The molecule has 0 saturated carbocycles. The standard InChI is InChI=1S/C20H18N4O/c25-20-19(15-10-22-17-8-4-2-6-13(15)17)23-11-18(24-20)14-9-21-16-7-3-1-5-12(14)16/h1-10,18-19,21-23H,11H2,(H,24,25)/t18-,19+/m1/s1. The Morgan fingerprint density at radius 3 is 2.08 bits per heavy atom. The summed E-state index contributed by atoms with van der Waals surface area (Å²) in [6.45, 7) is 0.692. The first-order valence-corrected chi connectivity index (χ1v) is 8.47. The van der Waals surface area contributed by atoms with Gasteiger partial charge in [-0.3, -0.25) is 10.1 Å². The summed E-state index contributed by atoms with van der Waals surface area (Å²) < 4.78 is 0. The van der Waals surface area contributed by atoms with Crippen molar-refractivity contribution in [3.63, 3.8) is 0 Å². The maximum absolute atomic E-state index is 12.8. The minimum Gasteiger partial charge on any atom is -0.361 e. The number of hydrogen-bond acceptors (Lipinski definition) is 2. The van der Waals surface area contributed by atoms with E-state index in [0.717, 1.165) is 32.9 Å². The number of fused-ring (bicyclic) bond motifs is 2. The molecule has 4 aromatic rings. The molecule has 0 aliphatic carbocycles. The molecule has 0 bridgehead atoms. The minimum absolute atomic E-state index is 0.00582. The predicted molar refractivity (Wildman–Crippen MR) is 98.2 cm³/mol. The zero-order valence-electron chi connectivity index (χ0n) is 13.5. The van der Waals surface area contributed by atoms with Gasteiger partial charge < -0.3 is 15.3 Å². The fraction of sp³-hybridized carbons (Fsp3) is 0.150. The molecular weight excluding hydrogens is 312 g/mol. The third kappa shape index (κ3) is 2.24. The van der Waals surface area contributed by atoms with E-state index >= 15 is 0 Å². The molecule has 124 valence electrons. The molecule has 1 aliphatic rings. The average molecular weight is 330 g/mol. The maximum atomic E-state index is 12.8. The van der Waals surface area contributed by atoms with Crippen LogP contribution in [-0.2, 0) is 4.79 Å². The first kappa shape index (κ1) is 14.3. The van der Waals surface area contributed by atoms with Gasteiger partial charge in [0.25, 0.3) is 0 Å². The molecule has 1 fully saturated rings. The molecule has 5 nitrogen and oxygen atoms in total. The van der Waals surface area contributed by atoms with E-state index in [2.05, 4.69) is 26.7 Å². The second kappa shape index (κ2) is 5.50. The topological polar surface area (TPSA) is 72.7 Å². The van der Waals surface area contributed by atoms with E-state index in [9.17, 15) is 4.79 Å². The van der Waals surface area contributed by atoms with Crippen molar-refractivity contribution in [3.05, 3.63) is 72.1 Å². The average Bonchev–Trinajstić information content (AvgIpc) is 3.26. The van der Waals surface area contributed by atoms with Gasteiger partial charge in [0.1, 0.15) is 6.04 Å². The number of carbonyl (C=O) groups is 1. The summed E-state index contributed by atoms with van der Waals surface area (Å²) >= 11 is 0. The minimum atomic E-state index is -0.336. The van der Waals surface area contributed by atoms with Gasteiger partial charge in [-0.2, -0.15) is 0 Å². The molecular formula is C20H18N4O. The predicted octanol–water partition coefficient (Wildman–Crippen LogP) is 3.15. The molecule has 1 aliphatic heterocycles. The van der Waals surface area contributed by atoms with Crippen LogP contribution in [-0.4, -0.2) is 22.4 Å². The summed E-state index contributed by atoms with van der Waals surface area (Å²) in [5.74, 6) is 0.00582. The van der Waals surface area contributed by atoms with Crippen LogP contribution in [0.4, 0.5) is 0 Å². The second-order valence-corrected chi connectivity index (χ2v) is 6.48. The summed E-state index contributed by atoms with van der Waals surface area (Å²) in [6, 6.07) is 15.8. The highest BCUT2D eigenvalue weighted by molar-refractivity contribution is 5.93. The van der Waals surface area contributed by atoms with Crippen LogP contribution in [0.25, 0.3) is 21.8 Å². The molecule has 2 aromatic carbocycles. The van der Waals surface area contributed by atoms with E-state index < -0.39 is 0 Å². The van der Waals surface area contributed by atoms with Gasteiger partial charge in [0.05, 0.1) is 6.04 Å². The largest absolute Gasteiger partial charge is 0.361 e. The summed E-state index contributed by atoms with van der Waals surface area (Å²) in [5, 5.41) is 8.84. The molecule has 25 heavy (non-hydrogen) atoms. The lowest BCUT2D eigenvalue weighted by Crippen LogP contribution is -2.49. The van der Waals surface area contributed by atoms with Gasteiger partial charge in [0.2, 0.25) is 5.91 Å². The van der Waals surface area contributed by atoms with Gasteiger partial charge >= 0.3 is 0 Å². The molecule has 5 heteroatoms.